The van der Waals surface area contributed by atoms with Crippen molar-refractivity contribution >= 4 is 11.8 Å². The van der Waals surface area contributed by atoms with Crippen LogP contribution in [0.4, 0.5) is 0 Å². The van der Waals surface area contributed by atoms with Crippen molar-refractivity contribution in [1.29, 1.82) is 0 Å². The Balaban J connectivity index is 2.19. The van der Waals surface area contributed by atoms with Gasteiger partial charge in [0.15, 0.2) is 0 Å². The second-order valence-corrected chi connectivity index (χ2v) is 5.70. The van der Waals surface area contributed by atoms with Crippen molar-refractivity contribution in [2.75, 3.05) is 0 Å². The molecule has 4 heteroatoms. The SMILES string of the molecule is CCC(N)Cc1ccccc1Sc1nc(C)c(C)o1. The lowest BCUT2D eigenvalue weighted by Crippen LogP contribution is -2.21. The van der Waals surface area contributed by atoms with Gasteiger partial charge in [0.2, 0.25) is 0 Å². The van der Waals surface area contributed by atoms with E-state index in [2.05, 4.69) is 24.0 Å². The molecule has 0 fully saturated rings. The maximum absolute atomic E-state index is 6.05. The van der Waals surface area contributed by atoms with E-state index in [9.17, 15) is 0 Å². The third-order valence-corrected chi connectivity index (χ3v) is 4.15. The summed E-state index contributed by atoms with van der Waals surface area (Å²) in [5.41, 5.74) is 8.26. The molecule has 2 N–H and O–H groups in total. The molecule has 2 rings (SSSR count). The molecule has 0 aliphatic heterocycles. The molecule has 1 aromatic heterocycles. The zero-order valence-electron chi connectivity index (χ0n) is 11.6. The molecular formula is C15H20N2OS. The first kappa shape index (κ1) is 14.2. The van der Waals surface area contributed by atoms with E-state index in [-0.39, 0.29) is 6.04 Å². The van der Waals surface area contributed by atoms with Gasteiger partial charge in [0.25, 0.3) is 5.22 Å². The number of nitrogens with zero attached hydrogens (tertiary/aromatic N) is 1. The van der Waals surface area contributed by atoms with E-state index in [0.717, 1.165) is 24.3 Å². The predicted molar refractivity (Wildman–Crippen MR) is 78.5 cm³/mol. The van der Waals surface area contributed by atoms with Crippen LogP contribution in [0.1, 0.15) is 30.4 Å². The lowest BCUT2D eigenvalue weighted by Gasteiger charge is -2.11. The van der Waals surface area contributed by atoms with Crippen LogP contribution in [0, 0.1) is 13.8 Å². The quantitative estimate of drug-likeness (QED) is 0.904. The third kappa shape index (κ3) is 3.61. The molecule has 2 aromatic rings. The van der Waals surface area contributed by atoms with Crippen LogP contribution in [-0.2, 0) is 6.42 Å². The first-order valence-corrected chi connectivity index (χ1v) is 7.37. The minimum atomic E-state index is 0.204. The van der Waals surface area contributed by atoms with Gasteiger partial charge in [0.05, 0.1) is 5.69 Å². The molecule has 0 saturated heterocycles. The Bertz CT molecular complexity index is 531. The van der Waals surface area contributed by atoms with Crippen LogP contribution in [0.2, 0.25) is 0 Å². The van der Waals surface area contributed by atoms with Gasteiger partial charge in [-0.15, -0.1) is 0 Å². The molecule has 1 unspecified atom stereocenters. The number of nitrogens with two attached hydrogens (primary N) is 1. The summed E-state index contributed by atoms with van der Waals surface area (Å²) in [6.07, 6.45) is 1.87. The highest BCUT2D eigenvalue weighted by molar-refractivity contribution is 7.99. The van der Waals surface area contributed by atoms with E-state index >= 15 is 0 Å². The van der Waals surface area contributed by atoms with E-state index in [1.165, 1.54) is 10.5 Å². The maximum Gasteiger partial charge on any atom is 0.261 e. The van der Waals surface area contributed by atoms with Crippen LogP contribution in [-0.4, -0.2) is 11.0 Å². The molecule has 3 nitrogen and oxygen atoms in total. The van der Waals surface area contributed by atoms with Crippen molar-refractivity contribution < 1.29 is 4.42 Å². The molecule has 0 radical (unpaired) electrons. The van der Waals surface area contributed by atoms with E-state index in [1.54, 1.807) is 11.8 Å². The number of aryl methyl sites for hydroxylation is 2. The Hall–Kier alpha value is -1.26. The average molecular weight is 276 g/mol. The topological polar surface area (TPSA) is 52.0 Å². The Morgan fingerprint density at radius 3 is 2.68 bits per heavy atom. The van der Waals surface area contributed by atoms with Crippen molar-refractivity contribution in [3.05, 3.63) is 41.3 Å². The molecule has 0 bridgehead atoms. The second kappa shape index (κ2) is 6.26. The summed E-state index contributed by atoms with van der Waals surface area (Å²) < 4.78 is 5.63. The molecular weight excluding hydrogens is 256 g/mol. The van der Waals surface area contributed by atoms with Crippen molar-refractivity contribution in [3.8, 4) is 0 Å². The van der Waals surface area contributed by atoms with Crippen LogP contribution >= 0.6 is 11.8 Å². The Labute approximate surface area is 118 Å². The van der Waals surface area contributed by atoms with E-state index < -0.39 is 0 Å². The highest BCUT2D eigenvalue weighted by atomic mass is 32.2. The first-order valence-electron chi connectivity index (χ1n) is 6.55. The van der Waals surface area contributed by atoms with Crippen LogP contribution in [0.25, 0.3) is 0 Å². The molecule has 0 aliphatic carbocycles. The molecule has 1 aromatic carbocycles. The second-order valence-electron chi connectivity index (χ2n) is 4.70. The van der Waals surface area contributed by atoms with E-state index in [0.29, 0.717) is 5.22 Å². The van der Waals surface area contributed by atoms with Crippen molar-refractivity contribution in [2.45, 2.75) is 49.8 Å². The Morgan fingerprint density at radius 2 is 2.05 bits per heavy atom. The summed E-state index contributed by atoms with van der Waals surface area (Å²) in [5, 5.41) is 0.701. The standard InChI is InChI=1S/C15H20N2OS/c1-4-13(16)9-12-7-5-6-8-14(12)19-15-17-10(2)11(3)18-15/h5-8,13H,4,9,16H2,1-3H3. The predicted octanol–water partition coefficient (Wildman–Crippen LogP) is 3.72. The van der Waals surface area contributed by atoms with Gasteiger partial charge in [-0.3, -0.25) is 0 Å². The van der Waals surface area contributed by atoms with Gasteiger partial charge in [0, 0.05) is 10.9 Å². The van der Waals surface area contributed by atoms with E-state index in [4.69, 9.17) is 10.2 Å². The van der Waals surface area contributed by atoms with Gasteiger partial charge in [-0.25, -0.2) is 4.98 Å². The summed E-state index contributed by atoms with van der Waals surface area (Å²) in [6, 6.07) is 8.51. The van der Waals surface area contributed by atoms with Gasteiger partial charge >= 0.3 is 0 Å². The van der Waals surface area contributed by atoms with E-state index in [1.807, 2.05) is 26.0 Å². The average Bonchev–Trinajstić information content (AvgIpc) is 2.70. The first-order chi connectivity index (χ1) is 9.10. The zero-order valence-corrected chi connectivity index (χ0v) is 12.5. The number of hydrogen-bond acceptors (Lipinski definition) is 4. The fraction of sp³-hybridized carbons (Fsp3) is 0.400. The van der Waals surface area contributed by atoms with Crippen molar-refractivity contribution in [2.24, 2.45) is 5.73 Å². The number of hydrogen-bond donors (Lipinski definition) is 1. The number of rotatable bonds is 5. The number of oxazole rings is 1. The fourth-order valence-corrected chi connectivity index (χ4v) is 2.75. The normalized spacial score (nSPS) is 12.6. The van der Waals surface area contributed by atoms with Gasteiger partial charge < -0.3 is 10.2 Å². The highest BCUT2D eigenvalue weighted by Crippen LogP contribution is 2.31. The summed E-state index contributed by atoms with van der Waals surface area (Å²) in [5.74, 6) is 0.880. The van der Waals surface area contributed by atoms with Crippen molar-refractivity contribution in [1.82, 2.24) is 4.98 Å². The van der Waals surface area contributed by atoms with Gasteiger partial charge in [-0.05, 0) is 50.1 Å². The maximum atomic E-state index is 6.05. The minimum absolute atomic E-state index is 0.204. The summed E-state index contributed by atoms with van der Waals surface area (Å²) in [7, 11) is 0. The molecule has 0 saturated carbocycles. The van der Waals surface area contributed by atoms with Crippen LogP contribution < -0.4 is 5.73 Å². The molecule has 0 amide bonds. The van der Waals surface area contributed by atoms with Crippen LogP contribution in [0.3, 0.4) is 0 Å². The smallest absolute Gasteiger partial charge is 0.261 e. The molecule has 19 heavy (non-hydrogen) atoms. The monoisotopic (exact) mass is 276 g/mol. The fourth-order valence-electron chi connectivity index (χ4n) is 1.78. The van der Waals surface area contributed by atoms with Gasteiger partial charge in [-0.2, -0.15) is 0 Å². The van der Waals surface area contributed by atoms with Crippen molar-refractivity contribution in [3.63, 3.8) is 0 Å². The zero-order chi connectivity index (χ0) is 13.8. The summed E-state index contributed by atoms with van der Waals surface area (Å²) in [6.45, 7) is 6.01. The molecule has 0 spiro atoms. The summed E-state index contributed by atoms with van der Waals surface area (Å²) >= 11 is 1.57. The lowest BCUT2D eigenvalue weighted by molar-refractivity contribution is 0.431. The van der Waals surface area contributed by atoms with Gasteiger partial charge in [-0.1, -0.05) is 25.1 Å². The Kier molecular flexibility index (Phi) is 4.66. The summed E-state index contributed by atoms with van der Waals surface area (Å²) in [4.78, 5) is 5.58. The van der Waals surface area contributed by atoms with Crippen LogP contribution in [0.5, 0.6) is 0 Å². The molecule has 102 valence electrons. The largest absolute Gasteiger partial charge is 0.436 e. The van der Waals surface area contributed by atoms with Crippen LogP contribution in [0.15, 0.2) is 38.8 Å². The number of benzene rings is 1. The highest BCUT2D eigenvalue weighted by Gasteiger charge is 2.11. The minimum Gasteiger partial charge on any atom is -0.436 e. The molecule has 1 atom stereocenters. The van der Waals surface area contributed by atoms with Gasteiger partial charge in [0.1, 0.15) is 5.76 Å². The lowest BCUT2D eigenvalue weighted by atomic mass is 10.1. The Morgan fingerprint density at radius 1 is 1.32 bits per heavy atom. The molecule has 1 heterocycles. The number of aromatic nitrogens is 1. The third-order valence-electron chi connectivity index (χ3n) is 3.19. The molecule has 0 aliphatic rings.